The van der Waals surface area contributed by atoms with E-state index in [0.717, 1.165) is 0 Å². The normalized spacial score (nSPS) is 12.6. The first-order chi connectivity index (χ1) is 9.47. The quantitative estimate of drug-likeness (QED) is 0.867. The summed E-state index contributed by atoms with van der Waals surface area (Å²) in [6.07, 6.45) is 3.33. The van der Waals surface area contributed by atoms with Crippen molar-refractivity contribution in [1.29, 1.82) is 0 Å². The molecule has 1 unspecified atom stereocenters. The van der Waals surface area contributed by atoms with Gasteiger partial charge in [-0.2, -0.15) is 0 Å². The van der Waals surface area contributed by atoms with Crippen molar-refractivity contribution in [2.75, 3.05) is 0 Å². The van der Waals surface area contributed by atoms with Crippen LogP contribution in [0.15, 0.2) is 30.6 Å². The van der Waals surface area contributed by atoms with Gasteiger partial charge >= 0.3 is 5.97 Å². The highest BCUT2D eigenvalue weighted by molar-refractivity contribution is 5.93. The van der Waals surface area contributed by atoms with Gasteiger partial charge in [0.05, 0.1) is 6.42 Å². The van der Waals surface area contributed by atoms with E-state index in [1.807, 2.05) is 26.0 Å². The summed E-state index contributed by atoms with van der Waals surface area (Å²) < 4.78 is 1.75. The molecule has 0 aromatic carbocycles. The van der Waals surface area contributed by atoms with Crippen LogP contribution in [-0.2, 0) is 4.79 Å². The molecular formula is C14H17N3O3. The largest absolute Gasteiger partial charge is 0.481 e. The lowest BCUT2D eigenvalue weighted by Crippen LogP contribution is -2.40. The molecule has 0 aliphatic carbocycles. The SMILES string of the molecule is CC(C)C(CC(=O)O)NC(=O)c1cn2ccccc2n1. The fraction of sp³-hybridized carbons (Fsp3) is 0.357. The average Bonchev–Trinajstić information content (AvgIpc) is 2.81. The van der Waals surface area contributed by atoms with Gasteiger partial charge in [0.25, 0.3) is 5.91 Å². The van der Waals surface area contributed by atoms with E-state index >= 15 is 0 Å². The van der Waals surface area contributed by atoms with Crippen molar-refractivity contribution in [3.05, 3.63) is 36.3 Å². The minimum absolute atomic E-state index is 0.0343. The molecule has 6 nitrogen and oxygen atoms in total. The van der Waals surface area contributed by atoms with Crippen LogP contribution >= 0.6 is 0 Å². The topological polar surface area (TPSA) is 83.7 Å². The second-order valence-corrected chi connectivity index (χ2v) is 5.01. The molecule has 0 spiro atoms. The Balaban J connectivity index is 2.15. The maximum Gasteiger partial charge on any atom is 0.305 e. The van der Waals surface area contributed by atoms with Crippen molar-refractivity contribution in [1.82, 2.24) is 14.7 Å². The zero-order valence-electron chi connectivity index (χ0n) is 11.4. The zero-order chi connectivity index (χ0) is 14.7. The molecule has 2 aromatic heterocycles. The Bertz CT molecular complexity index is 600. The van der Waals surface area contributed by atoms with Gasteiger partial charge in [-0.3, -0.25) is 9.59 Å². The van der Waals surface area contributed by atoms with Crippen molar-refractivity contribution < 1.29 is 14.7 Å². The zero-order valence-corrected chi connectivity index (χ0v) is 11.4. The molecular weight excluding hydrogens is 258 g/mol. The van der Waals surface area contributed by atoms with Gasteiger partial charge in [0, 0.05) is 18.4 Å². The minimum atomic E-state index is -0.931. The number of aromatic nitrogens is 2. The van der Waals surface area contributed by atoms with Crippen LogP contribution in [0.2, 0.25) is 0 Å². The van der Waals surface area contributed by atoms with Crippen molar-refractivity contribution >= 4 is 17.5 Å². The highest BCUT2D eigenvalue weighted by Gasteiger charge is 2.21. The molecule has 2 heterocycles. The van der Waals surface area contributed by atoms with Gasteiger partial charge in [0.2, 0.25) is 0 Å². The molecule has 1 atom stereocenters. The Morgan fingerprint density at radius 1 is 1.40 bits per heavy atom. The number of amides is 1. The molecule has 106 valence electrons. The number of carbonyl (C=O) groups excluding carboxylic acids is 1. The van der Waals surface area contributed by atoms with E-state index in [9.17, 15) is 9.59 Å². The number of aliphatic carboxylic acids is 1. The molecule has 0 saturated carbocycles. The summed E-state index contributed by atoms with van der Waals surface area (Å²) in [4.78, 5) is 27.1. The number of carboxylic acid groups (broad SMARTS) is 1. The first-order valence-corrected chi connectivity index (χ1v) is 6.43. The van der Waals surface area contributed by atoms with Crippen LogP contribution in [0.1, 0.15) is 30.8 Å². The average molecular weight is 275 g/mol. The van der Waals surface area contributed by atoms with Gasteiger partial charge in [0.15, 0.2) is 0 Å². The Morgan fingerprint density at radius 3 is 2.75 bits per heavy atom. The van der Waals surface area contributed by atoms with Crippen molar-refractivity contribution in [3.63, 3.8) is 0 Å². The van der Waals surface area contributed by atoms with E-state index in [4.69, 9.17) is 5.11 Å². The Labute approximate surface area is 116 Å². The predicted octanol–water partition coefficient (Wildman–Crippen LogP) is 1.56. The number of rotatable bonds is 5. The lowest BCUT2D eigenvalue weighted by molar-refractivity contribution is -0.137. The Hall–Kier alpha value is -2.37. The van der Waals surface area contributed by atoms with Gasteiger partial charge < -0.3 is 14.8 Å². The first kappa shape index (κ1) is 14.0. The number of hydrogen-bond acceptors (Lipinski definition) is 3. The van der Waals surface area contributed by atoms with Gasteiger partial charge in [-0.1, -0.05) is 19.9 Å². The van der Waals surface area contributed by atoms with Crippen molar-refractivity contribution in [3.8, 4) is 0 Å². The van der Waals surface area contributed by atoms with E-state index in [2.05, 4.69) is 10.3 Å². The molecule has 0 bridgehead atoms. The summed E-state index contributed by atoms with van der Waals surface area (Å²) >= 11 is 0. The van der Waals surface area contributed by atoms with Gasteiger partial charge in [0.1, 0.15) is 11.3 Å². The summed E-state index contributed by atoms with van der Waals surface area (Å²) in [6, 6.07) is 5.07. The second kappa shape index (κ2) is 5.73. The number of carbonyl (C=O) groups is 2. The molecule has 2 rings (SSSR count). The standard InChI is InChI=1S/C14H17N3O3/c1-9(2)10(7-13(18)19)16-14(20)11-8-17-6-4-3-5-12(17)15-11/h3-6,8-10H,7H2,1-2H3,(H,16,20)(H,18,19). The van der Waals surface area contributed by atoms with Crippen LogP contribution in [0, 0.1) is 5.92 Å². The van der Waals surface area contributed by atoms with Crippen LogP contribution in [-0.4, -0.2) is 32.4 Å². The summed E-state index contributed by atoms with van der Waals surface area (Å²) in [5.74, 6) is -1.25. The monoisotopic (exact) mass is 275 g/mol. The van der Waals surface area contributed by atoms with Crippen LogP contribution in [0.5, 0.6) is 0 Å². The molecule has 0 radical (unpaired) electrons. The highest BCUT2D eigenvalue weighted by Crippen LogP contribution is 2.09. The van der Waals surface area contributed by atoms with Crippen LogP contribution < -0.4 is 5.32 Å². The van der Waals surface area contributed by atoms with Crippen LogP contribution in [0.4, 0.5) is 0 Å². The fourth-order valence-corrected chi connectivity index (χ4v) is 1.93. The number of carboxylic acids is 1. The molecule has 6 heteroatoms. The number of imidazole rings is 1. The van der Waals surface area contributed by atoms with Crippen molar-refractivity contribution in [2.24, 2.45) is 5.92 Å². The summed E-state index contributed by atoms with van der Waals surface area (Å²) in [5, 5.41) is 11.6. The van der Waals surface area contributed by atoms with E-state index in [1.54, 1.807) is 22.9 Å². The minimum Gasteiger partial charge on any atom is -0.481 e. The maximum atomic E-state index is 12.1. The van der Waals surface area contributed by atoms with Crippen LogP contribution in [0.25, 0.3) is 5.65 Å². The predicted molar refractivity (Wildman–Crippen MR) is 73.5 cm³/mol. The molecule has 20 heavy (non-hydrogen) atoms. The highest BCUT2D eigenvalue weighted by atomic mass is 16.4. The molecule has 2 aromatic rings. The van der Waals surface area contributed by atoms with E-state index in [-0.39, 0.29) is 23.9 Å². The van der Waals surface area contributed by atoms with Crippen LogP contribution in [0.3, 0.4) is 0 Å². The maximum absolute atomic E-state index is 12.1. The summed E-state index contributed by atoms with van der Waals surface area (Å²) in [5.41, 5.74) is 0.962. The van der Waals surface area contributed by atoms with Gasteiger partial charge in [-0.15, -0.1) is 0 Å². The number of nitrogens with zero attached hydrogens (tertiary/aromatic N) is 2. The van der Waals surface area contributed by atoms with E-state index in [0.29, 0.717) is 5.65 Å². The molecule has 2 N–H and O–H groups in total. The molecule has 0 aliphatic rings. The Kier molecular flexibility index (Phi) is 4.02. The number of fused-ring (bicyclic) bond motifs is 1. The lowest BCUT2D eigenvalue weighted by Gasteiger charge is -2.19. The summed E-state index contributed by atoms with van der Waals surface area (Å²) in [7, 11) is 0. The van der Waals surface area contributed by atoms with Gasteiger partial charge in [-0.25, -0.2) is 4.98 Å². The first-order valence-electron chi connectivity index (χ1n) is 6.43. The number of pyridine rings is 1. The summed E-state index contributed by atoms with van der Waals surface area (Å²) in [6.45, 7) is 3.75. The molecule has 0 fully saturated rings. The smallest absolute Gasteiger partial charge is 0.305 e. The van der Waals surface area contributed by atoms with Crippen molar-refractivity contribution in [2.45, 2.75) is 26.3 Å². The molecule has 0 saturated heterocycles. The van der Waals surface area contributed by atoms with E-state index in [1.165, 1.54) is 0 Å². The number of hydrogen-bond donors (Lipinski definition) is 2. The van der Waals surface area contributed by atoms with E-state index < -0.39 is 12.0 Å². The molecule has 0 aliphatic heterocycles. The second-order valence-electron chi connectivity index (χ2n) is 5.01. The molecule has 1 amide bonds. The third-order valence-electron chi connectivity index (χ3n) is 3.11. The third kappa shape index (κ3) is 3.14. The lowest BCUT2D eigenvalue weighted by atomic mass is 10.0. The number of nitrogens with one attached hydrogen (secondary N) is 1. The third-order valence-corrected chi connectivity index (χ3v) is 3.11. The fourth-order valence-electron chi connectivity index (χ4n) is 1.93. The van der Waals surface area contributed by atoms with Gasteiger partial charge in [-0.05, 0) is 18.1 Å². The Morgan fingerprint density at radius 2 is 2.15 bits per heavy atom.